The van der Waals surface area contributed by atoms with Crippen LogP contribution < -0.4 is 0 Å². The van der Waals surface area contributed by atoms with E-state index in [-0.39, 0.29) is 30.9 Å². The van der Waals surface area contributed by atoms with Crippen molar-refractivity contribution in [1.29, 1.82) is 0 Å². The lowest BCUT2D eigenvalue weighted by molar-refractivity contribution is -0.145. The van der Waals surface area contributed by atoms with Crippen LogP contribution in [0.25, 0.3) is 0 Å². The van der Waals surface area contributed by atoms with Crippen LogP contribution >= 0.6 is 0 Å². The van der Waals surface area contributed by atoms with Crippen molar-refractivity contribution in [2.75, 3.05) is 19.7 Å². The van der Waals surface area contributed by atoms with Crippen molar-refractivity contribution in [3.05, 3.63) is 35.9 Å². The van der Waals surface area contributed by atoms with E-state index in [1.807, 2.05) is 42.2 Å². The molecule has 0 unspecified atom stereocenters. The summed E-state index contributed by atoms with van der Waals surface area (Å²) in [6, 6.07) is 9.81. The van der Waals surface area contributed by atoms with Crippen molar-refractivity contribution in [1.82, 2.24) is 4.90 Å². The third-order valence-corrected chi connectivity index (χ3v) is 2.89. The van der Waals surface area contributed by atoms with Gasteiger partial charge in [0.1, 0.15) is 5.78 Å². The topological polar surface area (TPSA) is 46.6 Å². The maximum absolute atomic E-state index is 11.6. The third kappa shape index (κ3) is 5.22. The molecule has 0 aliphatic carbocycles. The largest absolute Gasteiger partial charge is 0.465 e. The van der Waals surface area contributed by atoms with Gasteiger partial charge in [-0.25, -0.2) is 0 Å². The van der Waals surface area contributed by atoms with Gasteiger partial charge in [-0.2, -0.15) is 0 Å². The fraction of sp³-hybridized carbons (Fsp3) is 0.467. The van der Waals surface area contributed by atoms with Crippen LogP contribution in [0.4, 0.5) is 0 Å². The van der Waals surface area contributed by atoms with Crippen molar-refractivity contribution in [3.63, 3.8) is 0 Å². The fourth-order valence-corrected chi connectivity index (χ4v) is 1.93. The summed E-state index contributed by atoms with van der Waals surface area (Å²) < 4.78 is 4.95. The van der Waals surface area contributed by atoms with Gasteiger partial charge in [0, 0.05) is 6.04 Å². The molecule has 0 bridgehead atoms. The Kier molecular flexibility index (Phi) is 6.22. The molecule has 0 amide bonds. The Morgan fingerprint density at radius 3 is 2.37 bits per heavy atom. The Balaban J connectivity index is 2.78. The maximum atomic E-state index is 11.6. The minimum atomic E-state index is -0.300. The third-order valence-electron chi connectivity index (χ3n) is 2.89. The molecule has 0 radical (unpaired) electrons. The molecule has 1 atom stereocenters. The zero-order valence-electron chi connectivity index (χ0n) is 11.8. The normalized spacial score (nSPS) is 12.2. The zero-order valence-corrected chi connectivity index (χ0v) is 11.8. The molecule has 1 aromatic rings. The Labute approximate surface area is 114 Å². The SMILES string of the molecule is CCOC(=O)CN(CC(C)=O)[C@@H](C)c1ccccc1. The molecule has 0 N–H and O–H groups in total. The van der Waals surface area contributed by atoms with Gasteiger partial charge in [0.2, 0.25) is 0 Å². The van der Waals surface area contributed by atoms with E-state index < -0.39 is 0 Å². The quantitative estimate of drug-likeness (QED) is 0.708. The van der Waals surface area contributed by atoms with E-state index >= 15 is 0 Å². The number of rotatable bonds is 7. The van der Waals surface area contributed by atoms with E-state index in [0.717, 1.165) is 5.56 Å². The first-order valence-electron chi connectivity index (χ1n) is 6.48. The lowest BCUT2D eigenvalue weighted by Crippen LogP contribution is -2.36. The number of esters is 1. The van der Waals surface area contributed by atoms with Crippen LogP contribution in [0.2, 0.25) is 0 Å². The van der Waals surface area contributed by atoms with Crippen LogP contribution in [0.5, 0.6) is 0 Å². The molecular formula is C15H21NO3. The minimum Gasteiger partial charge on any atom is -0.465 e. The van der Waals surface area contributed by atoms with Crippen molar-refractivity contribution in [3.8, 4) is 0 Å². The summed E-state index contributed by atoms with van der Waals surface area (Å²) in [6.07, 6.45) is 0. The molecule has 0 spiro atoms. The van der Waals surface area contributed by atoms with Gasteiger partial charge in [-0.1, -0.05) is 30.3 Å². The number of benzene rings is 1. The van der Waals surface area contributed by atoms with E-state index in [1.165, 1.54) is 6.92 Å². The van der Waals surface area contributed by atoms with Crippen LogP contribution in [-0.4, -0.2) is 36.3 Å². The molecule has 0 aliphatic heterocycles. The Hall–Kier alpha value is -1.68. The van der Waals surface area contributed by atoms with Crippen LogP contribution in [0.15, 0.2) is 30.3 Å². The number of carbonyl (C=O) groups is 2. The second-order valence-corrected chi connectivity index (χ2v) is 4.50. The molecule has 1 aromatic carbocycles. The molecule has 104 valence electrons. The van der Waals surface area contributed by atoms with E-state index in [1.54, 1.807) is 6.92 Å². The number of Topliss-reactive ketones (excluding diaryl/α,β-unsaturated/α-hetero) is 1. The van der Waals surface area contributed by atoms with Crippen LogP contribution in [0, 0.1) is 0 Å². The van der Waals surface area contributed by atoms with E-state index in [2.05, 4.69) is 0 Å². The Morgan fingerprint density at radius 2 is 1.84 bits per heavy atom. The zero-order chi connectivity index (χ0) is 14.3. The first-order valence-corrected chi connectivity index (χ1v) is 6.48. The van der Waals surface area contributed by atoms with Gasteiger partial charge in [-0.3, -0.25) is 14.5 Å². The van der Waals surface area contributed by atoms with Crippen LogP contribution in [0.3, 0.4) is 0 Å². The molecule has 0 heterocycles. The molecular weight excluding hydrogens is 242 g/mol. The molecule has 4 heteroatoms. The number of hydrogen-bond donors (Lipinski definition) is 0. The molecule has 19 heavy (non-hydrogen) atoms. The number of nitrogens with zero attached hydrogens (tertiary/aromatic N) is 1. The summed E-state index contributed by atoms with van der Waals surface area (Å²) in [5.41, 5.74) is 1.08. The molecule has 4 nitrogen and oxygen atoms in total. The highest BCUT2D eigenvalue weighted by Crippen LogP contribution is 2.19. The second-order valence-electron chi connectivity index (χ2n) is 4.50. The Morgan fingerprint density at radius 1 is 1.21 bits per heavy atom. The predicted molar refractivity (Wildman–Crippen MR) is 73.7 cm³/mol. The molecule has 1 rings (SSSR count). The minimum absolute atomic E-state index is 0.00509. The molecule has 0 fully saturated rings. The van der Waals surface area contributed by atoms with Crippen molar-refractivity contribution < 1.29 is 14.3 Å². The van der Waals surface area contributed by atoms with Crippen molar-refractivity contribution >= 4 is 11.8 Å². The predicted octanol–water partition coefficient (Wildman–Crippen LogP) is 2.20. The number of carbonyl (C=O) groups excluding carboxylic acids is 2. The van der Waals surface area contributed by atoms with Crippen molar-refractivity contribution in [2.45, 2.75) is 26.8 Å². The van der Waals surface area contributed by atoms with Gasteiger partial charge in [0.05, 0.1) is 19.7 Å². The van der Waals surface area contributed by atoms with Crippen LogP contribution in [0.1, 0.15) is 32.4 Å². The van der Waals surface area contributed by atoms with Gasteiger partial charge in [0.15, 0.2) is 0 Å². The Bertz CT molecular complexity index is 417. The van der Waals surface area contributed by atoms with E-state index in [9.17, 15) is 9.59 Å². The first kappa shape index (κ1) is 15.4. The van der Waals surface area contributed by atoms with Gasteiger partial charge >= 0.3 is 5.97 Å². The average molecular weight is 263 g/mol. The highest BCUT2D eigenvalue weighted by atomic mass is 16.5. The lowest BCUT2D eigenvalue weighted by atomic mass is 10.1. The number of hydrogen-bond acceptors (Lipinski definition) is 4. The van der Waals surface area contributed by atoms with Crippen molar-refractivity contribution in [2.24, 2.45) is 0 Å². The monoisotopic (exact) mass is 263 g/mol. The number of ether oxygens (including phenoxy) is 1. The lowest BCUT2D eigenvalue weighted by Gasteiger charge is -2.27. The van der Waals surface area contributed by atoms with E-state index in [0.29, 0.717) is 6.61 Å². The average Bonchev–Trinajstić information content (AvgIpc) is 2.38. The fourth-order valence-electron chi connectivity index (χ4n) is 1.93. The van der Waals surface area contributed by atoms with Gasteiger partial charge in [0.25, 0.3) is 0 Å². The highest BCUT2D eigenvalue weighted by Gasteiger charge is 2.20. The molecule has 0 aliphatic rings. The first-order chi connectivity index (χ1) is 9.04. The second kappa shape index (κ2) is 7.69. The summed E-state index contributed by atoms with van der Waals surface area (Å²) >= 11 is 0. The molecule has 0 saturated carbocycles. The maximum Gasteiger partial charge on any atom is 0.320 e. The van der Waals surface area contributed by atoms with Gasteiger partial charge in [-0.15, -0.1) is 0 Å². The van der Waals surface area contributed by atoms with Gasteiger partial charge in [-0.05, 0) is 26.3 Å². The van der Waals surface area contributed by atoms with E-state index in [4.69, 9.17) is 4.74 Å². The number of ketones is 1. The highest BCUT2D eigenvalue weighted by molar-refractivity contribution is 5.79. The summed E-state index contributed by atoms with van der Waals surface area (Å²) in [6.45, 7) is 6.01. The van der Waals surface area contributed by atoms with Crippen LogP contribution in [-0.2, 0) is 14.3 Å². The van der Waals surface area contributed by atoms with Gasteiger partial charge < -0.3 is 4.74 Å². The smallest absolute Gasteiger partial charge is 0.320 e. The molecule has 0 aromatic heterocycles. The molecule has 0 saturated heterocycles. The standard InChI is InChI=1S/C15H21NO3/c1-4-19-15(18)11-16(10-12(2)17)13(3)14-8-6-5-7-9-14/h5-9,13H,4,10-11H2,1-3H3/t13-/m0/s1. The summed E-state index contributed by atoms with van der Waals surface area (Å²) in [5.74, 6) is -0.265. The summed E-state index contributed by atoms with van der Waals surface area (Å²) in [4.78, 5) is 24.8. The summed E-state index contributed by atoms with van der Waals surface area (Å²) in [7, 11) is 0. The summed E-state index contributed by atoms with van der Waals surface area (Å²) in [5, 5.41) is 0.